The number of hydrogen-bond acceptors (Lipinski definition) is 2. The molecule has 0 aliphatic carbocycles. The highest BCUT2D eigenvalue weighted by Crippen LogP contribution is 2.10. The average Bonchev–Trinajstić information content (AvgIpc) is 2.27. The van der Waals surface area contributed by atoms with Crippen LogP contribution in [0.1, 0.15) is 25.3 Å². The van der Waals surface area contributed by atoms with Gasteiger partial charge in [0.1, 0.15) is 0 Å². The van der Waals surface area contributed by atoms with Crippen molar-refractivity contribution in [2.45, 2.75) is 26.2 Å². The highest BCUT2D eigenvalue weighted by atomic mass is 35.5. The number of halogens is 1. The molecular weight excluding hydrogens is 226 g/mol. The number of nitrogens with one attached hydrogen (secondary N) is 1. The highest BCUT2D eigenvalue weighted by Gasteiger charge is 2.04. The Morgan fingerprint density at radius 1 is 1.19 bits per heavy atom. The number of rotatable bonds is 5. The summed E-state index contributed by atoms with van der Waals surface area (Å²) in [5.74, 6) is -0.196. The molecule has 0 saturated heterocycles. The minimum Gasteiger partial charge on any atom is -0.326 e. The van der Waals surface area contributed by atoms with Crippen LogP contribution in [0, 0.1) is 0 Å². The second-order valence-electron chi connectivity index (χ2n) is 3.45. The first kappa shape index (κ1) is 12.7. The predicted octanol–water partition coefficient (Wildman–Crippen LogP) is 2.73. The van der Waals surface area contributed by atoms with E-state index in [1.54, 1.807) is 0 Å². The number of benzene rings is 1. The van der Waals surface area contributed by atoms with Gasteiger partial charge in [0.25, 0.3) is 0 Å². The maximum atomic E-state index is 11.3. The summed E-state index contributed by atoms with van der Waals surface area (Å²) in [6.45, 7) is 2.07. The number of carbonyl (C=O) groups is 2. The Hall–Kier alpha value is -1.35. The summed E-state index contributed by atoms with van der Waals surface area (Å²) in [4.78, 5) is 21.8. The molecule has 0 unspecified atom stereocenters. The molecule has 0 radical (unpaired) electrons. The van der Waals surface area contributed by atoms with Crippen molar-refractivity contribution in [1.82, 2.24) is 0 Å². The van der Waals surface area contributed by atoms with Gasteiger partial charge in [-0.3, -0.25) is 9.59 Å². The summed E-state index contributed by atoms with van der Waals surface area (Å²) >= 11 is 5.15. The Morgan fingerprint density at radius 3 is 2.31 bits per heavy atom. The monoisotopic (exact) mass is 239 g/mol. The van der Waals surface area contributed by atoms with E-state index in [2.05, 4.69) is 12.2 Å². The van der Waals surface area contributed by atoms with Crippen molar-refractivity contribution >= 4 is 28.4 Å². The third-order valence-corrected chi connectivity index (χ3v) is 2.38. The first-order valence-corrected chi connectivity index (χ1v) is 5.56. The Balaban J connectivity index is 2.46. The molecule has 0 saturated carbocycles. The van der Waals surface area contributed by atoms with E-state index in [0.717, 1.165) is 12.1 Å². The van der Waals surface area contributed by atoms with E-state index in [-0.39, 0.29) is 18.7 Å². The van der Waals surface area contributed by atoms with Gasteiger partial charge in [-0.05, 0) is 35.7 Å². The number of aryl methyl sites for hydroxylation is 1. The summed E-state index contributed by atoms with van der Waals surface area (Å²) in [6, 6.07) is 7.61. The van der Waals surface area contributed by atoms with Crippen molar-refractivity contribution in [1.29, 1.82) is 0 Å². The van der Waals surface area contributed by atoms with Gasteiger partial charge < -0.3 is 5.32 Å². The van der Waals surface area contributed by atoms with Gasteiger partial charge in [0.15, 0.2) is 0 Å². The normalized spacial score (nSPS) is 9.88. The molecular formula is C12H14ClNO2. The van der Waals surface area contributed by atoms with Crippen LogP contribution in [0.2, 0.25) is 0 Å². The van der Waals surface area contributed by atoms with E-state index in [9.17, 15) is 9.59 Å². The molecule has 1 amide bonds. The van der Waals surface area contributed by atoms with Crippen LogP contribution in [0.4, 0.5) is 5.69 Å². The van der Waals surface area contributed by atoms with Crippen LogP contribution < -0.4 is 5.32 Å². The van der Waals surface area contributed by atoms with Crippen molar-refractivity contribution in [3.8, 4) is 0 Å². The molecule has 0 heterocycles. The molecule has 1 aromatic rings. The van der Waals surface area contributed by atoms with Crippen LogP contribution in [0.5, 0.6) is 0 Å². The summed E-state index contributed by atoms with van der Waals surface area (Å²) in [5.41, 5.74) is 1.96. The number of amides is 1. The zero-order chi connectivity index (χ0) is 12.0. The lowest BCUT2D eigenvalue weighted by Gasteiger charge is -2.04. The third-order valence-electron chi connectivity index (χ3n) is 2.19. The summed E-state index contributed by atoms with van der Waals surface area (Å²) in [6.07, 6.45) is 1.16. The highest BCUT2D eigenvalue weighted by molar-refractivity contribution is 6.63. The molecule has 4 heteroatoms. The largest absolute Gasteiger partial charge is 0.326 e. The molecule has 1 aromatic carbocycles. The molecule has 1 rings (SSSR count). The van der Waals surface area contributed by atoms with E-state index in [1.807, 2.05) is 24.3 Å². The zero-order valence-electron chi connectivity index (χ0n) is 9.13. The fourth-order valence-electron chi connectivity index (χ4n) is 1.26. The standard InChI is InChI=1S/C12H14ClNO2/c1-2-9-3-5-10(6-4-9)14-12(16)8-7-11(13)15/h3-6H,2,7-8H2,1H3,(H,14,16). The van der Waals surface area contributed by atoms with Crippen LogP contribution in [0.15, 0.2) is 24.3 Å². The molecule has 0 atom stereocenters. The van der Waals surface area contributed by atoms with E-state index in [0.29, 0.717) is 0 Å². The van der Waals surface area contributed by atoms with Crippen molar-refractivity contribution in [3.63, 3.8) is 0 Å². The second kappa shape index (κ2) is 6.28. The van der Waals surface area contributed by atoms with Crippen LogP contribution in [0.25, 0.3) is 0 Å². The lowest BCUT2D eigenvalue weighted by atomic mass is 10.1. The first-order valence-electron chi connectivity index (χ1n) is 5.19. The molecule has 0 aliphatic rings. The SMILES string of the molecule is CCc1ccc(NC(=O)CCC(=O)Cl)cc1. The van der Waals surface area contributed by atoms with Crippen LogP contribution in [-0.2, 0) is 16.0 Å². The Kier molecular flexibility index (Phi) is 4.99. The summed E-state index contributed by atoms with van der Waals surface area (Å²) in [5, 5.41) is 2.21. The fourth-order valence-corrected chi connectivity index (χ4v) is 1.35. The van der Waals surface area contributed by atoms with Crippen molar-refractivity contribution < 1.29 is 9.59 Å². The van der Waals surface area contributed by atoms with E-state index in [1.165, 1.54) is 5.56 Å². The smallest absolute Gasteiger partial charge is 0.224 e. The topological polar surface area (TPSA) is 46.2 Å². The molecule has 0 aliphatic heterocycles. The lowest BCUT2D eigenvalue weighted by Crippen LogP contribution is -2.12. The number of hydrogen-bond donors (Lipinski definition) is 1. The molecule has 1 N–H and O–H groups in total. The molecule has 0 fully saturated rings. The molecule has 0 aromatic heterocycles. The molecule has 86 valence electrons. The maximum absolute atomic E-state index is 11.3. The molecule has 3 nitrogen and oxygen atoms in total. The van der Waals surface area contributed by atoms with Gasteiger partial charge in [-0.15, -0.1) is 0 Å². The van der Waals surface area contributed by atoms with E-state index >= 15 is 0 Å². The van der Waals surface area contributed by atoms with Gasteiger partial charge in [0.05, 0.1) is 0 Å². The Bertz CT molecular complexity index is 373. The first-order chi connectivity index (χ1) is 7.61. The minimum absolute atomic E-state index is 0.0699. The zero-order valence-corrected chi connectivity index (χ0v) is 9.88. The van der Waals surface area contributed by atoms with Gasteiger partial charge in [0.2, 0.25) is 11.1 Å². The Morgan fingerprint density at radius 2 is 1.81 bits per heavy atom. The minimum atomic E-state index is -0.489. The average molecular weight is 240 g/mol. The lowest BCUT2D eigenvalue weighted by molar-refractivity contribution is -0.119. The van der Waals surface area contributed by atoms with Crippen molar-refractivity contribution in [3.05, 3.63) is 29.8 Å². The van der Waals surface area contributed by atoms with E-state index < -0.39 is 5.24 Å². The van der Waals surface area contributed by atoms with Gasteiger partial charge in [0, 0.05) is 18.5 Å². The predicted molar refractivity (Wildman–Crippen MR) is 64.5 cm³/mol. The second-order valence-corrected chi connectivity index (χ2v) is 3.88. The van der Waals surface area contributed by atoms with E-state index in [4.69, 9.17) is 11.6 Å². The van der Waals surface area contributed by atoms with Crippen molar-refractivity contribution in [2.24, 2.45) is 0 Å². The van der Waals surface area contributed by atoms with Gasteiger partial charge >= 0.3 is 0 Å². The van der Waals surface area contributed by atoms with Gasteiger partial charge in [-0.25, -0.2) is 0 Å². The molecule has 0 bridgehead atoms. The van der Waals surface area contributed by atoms with Gasteiger partial charge in [-0.1, -0.05) is 19.1 Å². The number of carbonyl (C=O) groups excluding carboxylic acids is 2. The summed E-state index contributed by atoms with van der Waals surface area (Å²) in [7, 11) is 0. The maximum Gasteiger partial charge on any atom is 0.224 e. The number of anilines is 1. The molecule has 16 heavy (non-hydrogen) atoms. The van der Waals surface area contributed by atoms with Gasteiger partial charge in [-0.2, -0.15) is 0 Å². The summed E-state index contributed by atoms with van der Waals surface area (Å²) < 4.78 is 0. The van der Waals surface area contributed by atoms with Crippen LogP contribution in [-0.4, -0.2) is 11.1 Å². The molecule has 0 spiro atoms. The van der Waals surface area contributed by atoms with Crippen molar-refractivity contribution in [2.75, 3.05) is 5.32 Å². The van der Waals surface area contributed by atoms with Crippen LogP contribution in [0.3, 0.4) is 0 Å². The quantitative estimate of drug-likeness (QED) is 0.803. The Labute approximate surface area is 99.8 Å². The fraction of sp³-hybridized carbons (Fsp3) is 0.333. The van der Waals surface area contributed by atoms with Crippen LogP contribution >= 0.6 is 11.6 Å². The third kappa shape index (κ3) is 4.45.